The predicted octanol–water partition coefficient (Wildman–Crippen LogP) is 2.31. The number of carbonyl (C=O) groups is 2. The average molecular weight is 247 g/mol. The number of hydrogen-bond acceptors (Lipinski definition) is 2. The van der Waals surface area contributed by atoms with Gasteiger partial charge in [0.25, 0.3) is 0 Å². The second-order valence-corrected chi connectivity index (χ2v) is 6.11. The summed E-state index contributed by atoms with van der Waals surface area (Å²) in [7, 11) is 0. The minimum absolute atomic E-state index is 0.197. The number of carbonyl (C=O) groups excluding carboxylic acids is 2. The van der Waals surface area contributed by atoms with Crippen LogP contribution in [-0.4, -0.2) is 29.7 Å². The van der Waals surface area contributed by atoms with Crippen molar-refractivity contribution in [2.24, 2.45) is 11.8 Å². The first kappa shape index (κ1) is 11.9. The number of rotatable bonds is 0. The van der Waals surface area contributed by atoms with Crippen molar-refractivity contribution >= 4 is 11.7 Å². The zero-order valence-corrected chi connectivity index (χ0v) is 11.1. The van der Waals surface area contributed by atoms with Crippen LogP contribution in [0, 0.1) is 11.8 Å². The Balaban J connectivity index is 1.96. The lowest BCUT2D eigenvalue weighted by Crippen LogP contribution is -2.35. The Bertz CT molecular complexity index is 424. The molecule has 3 rings (SSSR count). The van der Waals surface area contributed by atoms with Crippen molar-refractivity contribution in [1.29, 1.82) is 0 Å². The first-order valence-corrected chi connectivity index (χ1v) is 7.16. The fourth-order valence-corrected chi connectivity index (χ4v) is 3.80. The van der Waals surface area contributed by atoms with Crippen molar-refractivity contribution in [3.05, 3.63) is 11.1 Å². The molecule has 1 saturated heterocycles. The maximum atomic E-state index is 12.2. The highest BCUT2D eigenvalue weighted by Gasteiger charge is 2.36. The van der Waals surface area contributed by atoms with E-state index in [9.17, 15) is 9.59 Å². The van der Waals surface area contributed by atoms with Gasteiger partial charge in [0, 0.05) is 31.8 Å². The highest BCUT2D eigenvalue weighted by atomic mass is 16.2. The average Bonchev–Trinajstić information content (AvgIpc) is 2.53. The van der Waals surface area contributed by atoms with Crippen molar-refractivity contribution in [1.82, 2.24) is 4.90 Å². The molecule has 1 amide bonds. The third kappa shape index (κ3) is 2.00. The van der Waals surface area contributed by atoms with Gasteiger partial charge in [-0.15, -0.1) is 0 Å². The van der Waals surface area contributed by atoms with Gasteiger partial charge in [-0.1, -0.05) is 18.1 Å². The SMILES string of the molecule is C[C@H]1CC(=O)N2CCC[C@H]3C(=O)CC(=C3CC2)C1. The highest BCUT2D eigenvalue weighted by Crippen LogP contribution is 2.40. The van der Waals surface area contributed by atoms with Gasteiger partial charge < -0.3 is 4.90 Å². The van der Waals surface area contributed by atoms with E-state index in [0.29, 0.717) is 30.4 Å². The lowest BCUT2D eigenvalue weighted by atomic mass is 9.90. The minimum Gasteiger partial charge on any atom is -0.342 e. The molecule has 0 aromatic rings. The smallest absolute Gasteiger partial charge is 0.222 e. The Kier molecular flexibility index (Phi) is 3.00. The molecule has 18 heavy (non-hydrogen) atoms. The zero-order valence-electron chi connectivity index (χ0n) is 11.1. The molecule has 1 fully saturated rings. The van der Waals surface area contributed by atoms with E-state index in [1.165, 1.54) is 11.1 Å². The Morgan fingerprint density at radius 3 is 2.83 bits per heavy atom. The Hall–Kier alpha value is -1.12. The van der Waals surface area contributed by atoms with Gasteiger partial charge >= 0.3 is 0 Å². The molecule has 2 bridgehead atoms. The standard InChI is InChI=1S/C15H21NO2/c1-10-7-11-9-14(17)13-3-2-5-16(15(18)8-10)6-4-12(11)13/h10,13H,2-9H2,1H3/t10-,13-/m1/s1. The molecule has 2 heterocycles. The summed E-state index contributed by atoms with van der Waals surface area (Å²) in [4.78, 5) is 26.3. The van der Waals surface area contributed by atoms with E-state index in [-0.39, 0.29) is 5.92 Å². The number of fused-ring (bicyclic) bond motifs is 2. The summed E-state index contributed by atoms with van der Waals surface area (Å²) < 4.78 is 0. The predicted molar refractivity (Wildman–Crippen MR) is 69.0 cm³/mol. The van der Waals surface area contributed by atoms with Crippen LogP contribution in [0.4, 0.5) is 0 Å². The zero-order chi connectivity index (χ0) is 12.7. The largest absolute Gasteiger partial charge is 0.342 e. The van der Waals surface area contributed by atoms with Gasteiger partial charge in [0.2, 0.25) is 5.91 Å². The van der Waals surface area contributed by atoms with Gasteiger partial charge in [-0.2, -0.15) is 0 Å². The summed E-state index contributed by atoms with van der Waals surface area (Å²) in [6.07, 6.45) is 5.14. The maximum Gasteiger partial charge on any atom is 0.222 e. The van der Waals surface area contributed by atoms with Crippen LogP contribution in [0.5, 0.6) is 0 Å². The van der Waals surface area contributed by atoms with E-state index in [4.69, 9.17) is 0 Å². The molecule has 3 nitrogen and oxygen atoms in total. The molecule has 2 aliphatic heterocycles. The quantitative estimate of drug-likeness (QED) is 0.616. The van der Waals surface area contributed by atoms with Crippen LogP contribution in [-0.2, 0) is 9.59 Å². The fourth-order valence-electron chi connectivity index (χ4n) is 3.80. The van der Waals surface area contributed by atoms with E-state index in [0.717, 1.165) is 38.8 Å². The Morgan fingerprint density at radius 2 is 2.00 bits per heavy atom. The van der Waals surface area contributed by atoms with Crippen LogP contribution in [0.15, 0.2) is 11.1 Å². The molecular formula is C15H21NO2. The first-order valence-electron chi connectivity index (χ1n) is 7.16. The highest BCUT2D eigenvalue weighted by molar-refractivity contribution is 5.90. The number of ketones is 1. The number of nitrogens with zero attached hydrogens (tertiary/aromatic N) is 1. The normalized spacial score (nSPS) is 33.1. The van der Waals surface area contributed by atoms with E-state index in [1.54, 1.807) is 0 Å². The van der Waals surface area contributed by atoms with Gasteiger partial charge in [-0.05, 0) is 31.6 Å². The number of amides is 1. The summed E-state index contributed by atoms with van der Waals surface area (Å²) in [5.74, 6) is 1.33. The molecule has 0 unspecified atom stereocenters. The van der Waals surface area contributed by atoms with Gasteiger partial charge in [0.05, 0.1) is 0 Å². The van der Waals surface area contributed by atoms with E-state index in [1.807, 2.05) is 4.90 Å². The number of allylic oxidation sites excluding steroid dienone is 1. The molecule has 0 aromatic heterocycles. The molecule has 1 aliphatic carbocycles. The molecule has 0 saturated carbocycles. The van der Waals surface area contributed by atoms with Gasteiger partial charge in [-0.3, -0.25) is 9.59 Å². The second kappa shape index (κ2) is 4.52. The minimum atomic E-state index is 0.197. The molecule has 0 N–H and O–H groups in total. The molecule has 0 aromatic carbocycles. The molecular weight excluding hydrogens is 226 g/mol. The van der Waals surface area contributed by atoms with Crippen molar-refractivity contribution < 1.29 is 9.59 Å². The number of Topliss-reactive ketones (excluding diaryl/α,β-unsaturated/α-hetero) is 1. The molecule has 3 heteroatoms. The van der Waals surface area contributed by atoms with Crippen LogP contribution in [0.25, 0.3) is 0 Å². The summed E-state index contributed by atoms with van der Waals surface area (Å²) in [5.41, 5.74) is 2.76. The molecule has 0 radical (unpaired) electrons. The van der Waals surface area contributed by atoms with Crippen LogP contribution in [0.3, 0.4) is 0 Å². The molecule has 2 atom stereocenters. The van der Waals surface area contributed by atoms with Crippen molar-refractivity contribution in [3.63, 3.8) is 0 Å². The lowest BCUT2D eigenvalue weighted by molar-refractivity contribution is -0.132. The topological polar surface area (TPSA) is 37.4 Å². The summed E-state index contributed by atoms with van der Waals surface area (Å²) in [6, 6.07) is 0. The monoisotopic (exact) mass is 247 g/mol. The van der Waals surface area contributed by atoms with Crippen LogP contribution < -0.4 is 0 Å². The number of hydrogen-bond donors (Lipinski definition) is 0. The second-order valence-electron chi connectivity index (χ2n) is 6.11. The fraction of sp³-hybridized carbons (Fsp3) is 0.733. The van der Waals surface area contributed by atoms with Crippen LogP contribution >= 0.6 is 0 Å². The van der Waals surface area contributed by atoms with E-state index < -0.39 is 0 Å². The van der Waals surface area contributed by atoms with Crippen LogP contribution in [0.1, 0.15) is 45.4 Å². The third-order valence-electron chi connectivity index (χ3n) is 4.69. The summed E-state index contributed by atoms with van der Waals surface area (Å²) >= 11 is 0. The van der Waals surface area contributed by atoms with E-state index >= 15 is 0 Å². The van der Waals surface area contributed by atoms with Crippen LogP contribution in [0.2, 0.25) is 0 Å². The van der Waals surface area contributed by atoms with Crippen molar-refractivity contribution in [3.8, 4) is 0 Å². The maximum absolute atomic E-state index is 12.2. The lowest BCUT2D eigenvalue weighted by Gasteiger charge is -2.27. The molecule has 3 aliphatic rings. The summed E-state index contributed by atoms with van der Waals surface area (Å²) in [6.45, 7) is 3.81. The van der Waals surface area contributed by atoms with E-state index in [2.05, 4.69) is 6.92 Å². The van der Waals surface area contributed by atoms with Gasteiger partial charge in [0.1, 0.15) is 5.78 Å². The molecule has 98 valence electrons. The Morgan fingerprint density at radius 1 is 1.17 bits per heavy atom. The van der Waals surface area contributed by atoms with Crippen molar-refractivity contribution in [2.75, 3.05) is 13.1 Å². The van der Waals surface area contributed by atoms with Gasteiger partial charge in [0.15, 0.2) is 0 Å². The van der Waals surface area contributed by atoms with Gasteiger partial charge in [-0.25, -0.2) is 0 Å². The summed E-state index contributed by atoms with van der Waals surface area (Å²) in [5, 5.41) is 0. The Labute approximate surface area is 108 Å². The first-order chi connectivity index (χ1) is 8.65. The third-order valence-corrected chi connectivity index (χ3v) is 4.69. The molecule has 0 spiro atoms. The van der Waals surface area contributed by atoms with Crippen molar-refractivity contribution in [2.45, 2.75) is 45.4 Å².